The highest BCUT2D eigenvalue weighted by Crippen LogP contribution is 2.37. The van der Waals surface area contributed by atoms with Crippen LogP contribution < -0.4 is 18.5 Å². The molecule has 0 aromatic heterocycles. The van der Waals surface area contributed by atoms with Crippen LogP contribution in [0, 0.1) is 0 Å². The molecule has 4 rings (SSSR count). The van der Waals surface area contributed by atoms with Crippen LogP contribution in [0.4, 0.5) is 5.69 Å². The minimum Gasteiger partial charge on any atom is -0.495 e. The molecule has 0 bridgehead atoms. The molecule has 1 saturated heterocycles. The summed E-state index contributed by atoms with van der Waals surface area (Å²) in [7, 11) is 0.0765. The van der Waals surface area contributed by atoms with Crippen LogP contribution in [0.3, 0.4) is 0 Å². The van der Waals surface area contributed by atoms with Gasteiger partial charge >= 0.3 is 0 Å². The summed E-state index contributed by atoms with van der Waals surface area (Å²) in [5, 5.41) is 0.306. The lowest BCUT2D eigenvalue weighted by atomic mass is 10.2. The molecule has 0 N–H and O–H groups in total. The van der Waals surface area contributed by atoms with Crippen LogP contribution in [0.5, 0.6) is 17.2 Å². The monoisotopic (exact) mass is 573 g/mol. The van der Waals surface area contributed by atoms with Gasteiger partial charge in [0.1, 0.15) is 12.3 Å². The highest BCUT2D eigenvalue weighted by molar-refractivity contribution is 7.92. The lowest BCUT2D eigenvalue weighted by Gasteiger charge is -2.36. The van der Waals surface area contributed by atoms with Crippen molar-refractivity contribution in [3.05, 3.63) is 77.3 Å². The molecule has 39 heavy (non-hydrogen) atoms. The molecule has 1 aliphatic rings. The summed E-state index contributed by atoms with van der Waals surface area (Å²) in [5.74, 6) is 0.578. The van der Waals surface area contributed by atoms with Gasteiger partial charge in [-0.2, -0.15) is 0 Å². The molecule has 1 amide bonds. The van der Waals surface area contributed by atoms with Crippen molar-refractivity contribution in [3.8, 4) is 17.2 Å². The van der Waals surface area contributed by atoms with Crippen molar-refractivity contribution < 1.29 is 27.4 Å². The molecule has 1 aliphatic heterocycles. The number of rotatable bonds is 10. The van der Waals surface area contributed by atoms with E-state index in [1.807, 2.05) is 18.2 Å². The Bertz CT molecular complexity index is 1400. The van der Waals surface area contributed by atoms with E-state index in [2.05, 4.69) is 17.0 Å². The van der Waals surface area contributed by atoms with E-state index in [9.17, 15) is 13.2 Å². The minimum absolute atomic E-state index is 0.0670. The average Bonchev–Trinajstić information content (AvgIpc) is 2.96. The van der Waals surface area contributed by atoms with Crippen LogP contribution >= 0.6 is 11.6 Å². The Hall–Kier alpha value is -3.47. The first-order chi connectivity index (χ1) is 18.8. The SMILES string of the molecule is COc1ccc(S(=O)(=O)N(CC(=O)N2CCN(Cc3ccccc3)CC2)c2cc(Cl)ccc2OC)cc1OC. The fourth-order valence-corrected chi connectivity index (χ4v) is 6.08. The van der Waals surface area contributed by atoms with Gasteiger partial charge in [-0.05, 0) is 35.9 Å². The Morgan fingerprint density at radius 1 is 0.846 bits per heavy atom. The summed E-state index contributed by atoms with van der Waals surface area (Å²) in [6.07, 6.45) is 0. The highest BCUT2D eigenvalue weighted by Gasteiger charge is 2.33. The van der Waals surface area contributed by atoms with Gasteiger partial charge in [0.05, 0.1) is 31.9 Å². The summed E-state index contributed by atoms with van der Waals surface area (Å²) >= 11 is 6.25. The number of hydrogen-bond acceptors (Lipinski definition) is 7. The van der Waals surface area contributed by atoms with Gasteiger partial charge in [0.2, 0.25) is 5.91 Å². The number of carbonyl (C=O) groups excluding carboxylic acids is 1. The molecule has 1 heterocycles. The molecular formula is C28H32ClN3O6S. The van der Waals surface area contributed by atoms with Crippen molar-refractivity contribution in [2.45, 2.75) is 11.4 Å². The van der Waals surface area contributed by atoms with Crippen LogP contribution in [-0.2, 0) is 21.4 Å². The van der Waals surface area contributed by atoms with Crippen LogP contribution in [0.2, 0.25) is 5.02 Å². The fourth-order valence-electron chi connectivity index (χ4n) is 4.48. The van der Waals surface area contributed by atoms with Crippen LogP contribution in [0.1, 0.15) is 5.56 Å². The van der Waals surface area contributed by atoms with E-state index in [0.29, 0.717) is 37.0 Å². The molecule has 9 nitrogen and oxygen atoms in total. The number of carbonyl (C=O) groups is 1. The Labute approximate surface area is 234 Å². The second-order valence-corrected chi connectivity index (χ2v) is 11.3. The van der Waals surface area contributed by atoms with Crippen LogP contribution in [0.25, 0.3) is 0 Å². The Morgan fingerprint density at radius 3 is 2.13 bits per heavy atom. The van der Waals surface area contributed by atoms with Crippen molar-refractivity contribution >= 4 is 33.2 Å². The zero-order valence-corrected chi connectivity index (χ0v) is 23.7. The summed E-state index contributed by atoms with van der Waals surface area (Å²) in [4.78, 5) is 17.4. The first-order valence-corrected chi connectivity index (χ1v) is 14.2. The summed E-state index contributed by atoms with van der Waals surface area (Å²) in [6, 6.07) is 19.1. The number of ether oxygens (including phenoxy) is 3. The van der Waals surface area contributed by atoms with E-state index in [4.69, 9.17) is 25.8 Å². The summed E-state index contributed by atoms with van der Waals surface area (Å²) < 4.78 is 45.1. The number of hydrogen-bond donors (Lipinski definition) is 0. The van der Waals surface area contributed by atoms with Crippen molar-refractivity contribution in [2.24, 2.45) is 0 Å². The number of benzene rings is 3. The molecule has 0 unspecified atom stereocenters. The van der Waals surface area contributed by atoms with Gasteiger partial charge in [-0.3, -0.25) is 14.0 Å². The Kier molecular flexibility index (Phi) is 9.21. The van der Waals surface area contributed by atoms with Gasteiger partial charge in [-0.15, -0.1) is 0 Å². The minimum atomic E-state index is -4.25. The van der Waals surface area contributed by atoms with Gasteiger partial charge in [-0.1, -0.05) is 41.9 Å². The first-order valence-electron chi connectivity index (χ1n) is 12.4. The normalized spacial score (nSPS) is 14.1. The summed E-state index contributed by atoms with van der Waals surface area (Å²) in [5.41, 5.74) is 1.37. The fraction of sp³-hybridized carbons (Fsp3) is 0.321. The largest absolute Gasteiger partial charge is 0.495 e. The smallest absolute Gasteiger partial charge is 0.265 e. The number of methoxy groups -OCH3 is 3. The van der Waals surface area contributed by atoms with Crippen molar-refractivity contribution in [3.63, 3.8) is 0 Å². The maximum absolute atomic E-state index is 14.0. The Morgan fingerprint density at radius 2 is 1.49 bits per heavy atom. The molecule has 1 fully saturated rings. The van der Waals surface area contributed by atoms with E-state index in [-0.39, 0.29) is 28.0 Å². The molecule has 11 heteroatoms. The molecule has 208 valence electrons. The maximum atomic E-state index is 14.0. The number of halogens is 1. The lowest BCUT2D eigenvalue weighted by molar-refractivity contribution is -0.131. The molecule has 0 spiro atoms. The number of piperazine rings is 1. The summed E-state index contributed by atoms with van der Waals surface area (Å²) in [6.45, 7) is 2.72. The Balaban J connectivity index is 1.60. The second kappa shape index (κ2) is 12.6. The molecule has 0 saturated carbocycles. The topological polar surface area (TPSA) is 88.6 Å². The van der Waals surface area contributed by atoms with Gasteiger partial charge in [-0.25, -0.2) is 8.42 Å². The quantitative estimate of drug-likeness (QED) is 0.363. The van der Waals surface area contributed by atoms with Gasteiger partial charge in [0.25, 0.3) is 10.0 Å². The predicted molar refractivity (Wildman–Crippen MR) is 150 cm³/mol. The molecule has 3 aromatic rings. The van der Waals surface area contributed by atoms with E-state index in [0.717, 1.165) is 10.8 Å². The molecule has 3 aromatic carbocycles. The van der Waals surface area contributed by atoms with E-state index in [1.165, 1.54) is 51.2 Å². The third-order valence-corrected chi connectivity index (χ3v) is 8.60. The van der Waals surface area contributed by atoms with Crippen molar-refractivity contribution in [1.29, 1.82) is 0 Å². The molecule has 0 aliphatic carbocycles. The van der Waals surface area contributed by atoms with Crippen LogP contribution in [0.15, 0.2) is 71.6 Å². The molecule has 0 radical (unpaired) electrons. The van der Waals surface area contributed by atoms with E-state index in [1.54, 1.807) is 17.0 Å². The standard InChI is InChI=1S/C28H32ClN3O6S/c1-36-25-11-9-22(29)17-24(25)32(39(34,35)23-10-12-26(37-2)27(18-23)38-3)20-28(33)31-15-13-30(14-16-31)19-21-7-5-4-6-8-21/h4-12,17-18H,13-16,19-20H2,1-3H3. The van der Waals surface area contributed by atoms with Gasteiger partial charge in [0, 0.05) is 43.8 Å². The maximum Gasteiger partial charge on any atom is 0.265 e. The number of nitrogens with zero attached hydrogens (tertiary/aromatic N) is 3. The van der Waals surface area contributed by atoms with Gasteiger partial charge in [0.15, 0.2) is 11.5 Å². The third kappa shape index (κ3) is 6.58. The third-order valence-electron chi connectivity index (χ3n) is 6.61. The number of sulfonamides is 1. The van der Waals surface area contributed by atoms with E-state index >= 15 is 0 Å². The lowest BCUT2D eigenvalue weighted by Crippen LogP contribution is -2.51. The molecule has 0 atom stereocenters. The average molecular weight is 574 g/mol. The zero-order chi connectivity index (χ0) is 28.0. The van der Waals surface area contributed by atoms with E-state index < -0.39 is 16.6 Å². The zero-order valence-electron chi connectivity index (χ0n) is 22.2. The van der Waals surface area contributed by atoms with Crippen molar-refractivity contribution in [1.82, 2.24) is 9.80 Å². The predicted octanol–water partition coefficient (Wildman–Crippen LogP) is 3.91. The van der Waals surface area contributed by atoms with Crippen LogP contribution in [-0.4, -0.2) is 78.2 Å². The first kappa shape index (κ1) is 28.5. The molecular weight excluding hydrogens is 542 g/mol. The number of anilines is 1. The number of amides is 1. The highest BCUT2D eigenvalue weighted by atomic mass is 35.5. The van der Waals surface area contributed by atoms with Gasteiger partial charge < -0.3 is 19.1 Å². The second-order valence-electron chi connectivity index (χ2n) is 8.99. The van der Waals surface area contributed by atoms with Crippen molar-refractivity contribution in [2.75, 3.05) is 58.4 Å².